The van der Waals surface area contributed by atoms with Gasteiger partial charge in [-0.15, -0.1) is 0 Å². The number of halogens is 1. The van der Waals surface area contributed by atoms with Crippen LogP contribution in [-0.4, -0.2) is 27.5 Å². The second-order valence-electron chi connectivity index (χ2n) is 4.99. The molecule has 3 rings (SSSR count). The number of nitrogens with zero attached hydrogens (tertiary/aromatic N) is 2. The fourth-order valence-electron chi connectivity index (χ4n) is 2.48. The average Bonchev–Trinajstić information content (AvgIpc) is 2.68. The van der Waals surface area contributed by atoms with Crippen molar-refractivity contribution in [2.45, 2.75) is 19.6 Å². The lowest BCUT2D eigenvalue weighted by Crippen LogP contribution is -2.37. The number of amides is 2. The summed E-state index contributed by atoms with van der Waals surface area (Å²) in [5.41, 5.74) is 12.2. The molecule has 1 atom stereocenters. The van der Waals surface area contributed by atoms with Gasteiger partial charge in [0, 0.05) is 10.2 Å². The zero-order valence-corrected chi connectivity index (χ0v) is 13.3. The summed E-state index contributed by atoms with van der Waals surface area (Å²) in [4.78, 5) is 27.5. The third-order valence-corrected chi connectivity index (χ3v) is 4.07. The Bertz CT molecular complexity index is 800. The number of ether oxygens (including phenoxy) is 1. The fourth-order valence-corrected chi connectivity index (χ4v) is 2.84. The van der Waals surface area contributed by atoms with Gasteiger partial charge in [-0.3, -0.25) is 9.59 Å². The number of fused-ring (bicyclic) bond motifs is 3. The van der Waals surface area contributed by atoms with Crippen LogP contribution in [0, 0.1) is 6.92 Å². The van der Waals surface area contributed by atoms with E-state index in [4.69, 9.17) is 16.2 Å². The Hall–Kier alpha value is -2.35. The van der Waals surface area contributed by atoms with Crippen molar-refractivity contribution in [3.05, 3.63) is 34.1 Å². The van der Waals surface area contributed by atoms with E-state index >= 15 is 0 Å². The molecule has 2 heterocycles. The number of primary amides is 2. The van der Waals surface area contributed by atoms with Crippen LogP contribution in [0.25, 0.3) is 11.4 Å². The normalized spacial score (nSPS) is 16.2. The first-order valence-corrected chi connectivity index (χ1v) is 7.30. The van der Waals surface area contributed by atoms with Gasteiger partial charge in [-0.05, 0) is 25.1 Å². The Morgan fingerprint density at radius 3 is 2.77 bits per heavy atom. The maximum Gasteiger partial charge on any atom is 0.269 e. The van der Waals surface area contributed by atoms with E-state index < -0.39 is 17.9 Å². The van der Waals surface area contributed by atoms with Gasteiger partial charge in [0.15, 0.2) is 6.10 Å². The molecule has 1 aromatic heterocycles. The number of benzene rings is 1. The van der Waals surface area contributed by atoms with E-state index in [-0.39, 0.29) is 12.2 Å². The van der Waals surface area contributed by atoms with Gasteiger partial charge in [-0.25, -0.2) is 4.98 Å². The van der Waals surface area contributed by atoms with Crippen LogP contribution in [0.5, 0.6) is 5.75 Å². The highest BCUT2D eigenvalue weighted by atomic mass is 79.9. The summed E-state index contributed by atoms with van der Waals surface area (Å²) < 4.78 is 8.25. The van der Waals surface area contributed by atoms with Crippen LogP contribution in [-0.2, 0) is 11.3 Å². The van der Waals surface area contributed by atoms with E-state index in [0.717, 1.165) is 4.47 Å². The molecular weight excluding hydrogens is 352 g/mol. The van der Waals surface area contributed by atoms with E-state index in [1.165, 1.54) is 0 Å². The monoisotopic (exact) mass is 364 g/mol. The van der Waals surface area contributed by atoms with Crippen molar-refractivity contribution in [2.24, 2.45) is 11.5 Å². The van der Waals surface area contributed by atoms with Crippen LogP contribution in [0.15, 0.2) is 22.7 Å². The Kier molecular flexibility index (Phi) is 3.40. The Morgan fingerprint density at radius 2 is 2.14 bits per heavy atom. The van der Waals surface area contributed by atoms with Crippen LogP contribution in [0.1, 0.15) is 16.2 Å². The lowest BCUT2D eigenvalue weighted by atomic mass is 10.2. The van der Waals surface area contributed by atoms with Gasteiger partial charge in [0.1, 0.15) is 17.3 Å². The molecule has 0 saturated heterocycles. The highest BCUT2D eigenvalue weighted by molar-refractivity contribution is 9.10. The lowest BCUT2D eigenvalue weighted by Gasteiger charge is -2.15. The first-order valence-electron chi connectivity index (χ1n) is 6.51. The lowest BCUT2D eigenvalue weighted by molar-refractivity contribution is -0.125. The predicted molar refractivity (Wildman–Crippen MR) is 82.2 cm³/mol. The van der Waals surface area contributed by atoms with Crippen molar-refractivity contribution in [1.82, 2.24) is 9.55 Å². The minimum absolute atomic E-state index is 0.170. The molecule has 2 aromatic rings. The first kappa shape index (κ1) is 14.6. The van der Waals surface area contributed by atoms with Gasteiger partial charge in [-0.2, -0.15) is 0 Å². The molecule has 22 heavy (non-hydrogen) atoms. The summed E-state index contributed by atoms with van der Waals surface area (Å²) in [5, 5.41) is 0. The number of aromatic nitrogens is 2. The maximum atomic E-state index is 11.6. The second kappa shape index (κ2) is 5.13. The molecule has 1 aliphatic rings. The van der Waals surface area contributed by atoms with E-state index in [2.05, 4.69) is 20.9 Å². The number of carbonyl (C=O) groups excluding carboxylic acids is 2. The molecule has 0 aliphatic carbocycles. The van der Waals surface area contributed by atoms with Crippen molar-refractivity contribution in [3.63, 3.8) is 0 Å². The van der Waals surface area contributed by atoms with Gasteiger partial charge < -0.3 is 20.8 Å². The second-order valence-corrected chi connectivity index (χ2v) is 5.91. The van der Waals surface area contributed by atoms with Crippen molar-refractivity contribution in [1.29, 1.82) is 0 Å². The summed E-state index contributed by atoms with van der Waals surface area (Å²) in [7, 11) is 0. The van der Waals surface area contributed by atoms with Crippen molar-refractivity contribution < 1.29 is 14.3 Å². The molecule has 114 valence electrons. The zero-order chi connectivity index (χ0) is 16.0. The number of hydrogen-bond donors (Lipinski definition) is 2. The summed E-state index contributed by atoms with van der Waals surface area (Å²) in [6, 6.07) is 5.32. The smallest absolute Gasteiger partial charge is 0.269 e. The Balaban J connectivity index is 2.29. The topological polar surface area (TPSA) is 113 Å². The Morgan fingerprint density at radius 1 is 1.41 bits per heavy atom. The summed E-state index contributed by atoms with van der Waals surface area (Å²) in [5.74, 6) is -0.209. The molecule has 0 spiro atoms. The molecule has 8 heteroatoms. The quantitative estimate of drug-likeness (QED) is 0.825. The van der Waals surface area contributed by atoms with Crippen molar-refractivity contribution in [3.8, 4) is 17.1 Å². The van der Waals surface area contributed by atoms with Gasteiger partial charge in [0.2, 0.25) is 0 Å². The summed E-state index contributed by atoms with van der Waals surface area (Å²) in [6.45, 7) is 1.89. The van der Waals surface area contributed by atoms with Crippen molar-refractivity contribution in [2.75, 3.05) is 0 Å². The fraction of sp³-hybridized carbons (Fsp3) is 0.214. The summed E-state index contributed by atoms with van der Waals surface area (Å²) >= 11 is 3.39. The molecule has 0 fully saturated rings. The SMILES string of the molecule is Cc1c(C(N)=O)nc2n1CC(C(N)=O)Oc1ccc(Br)cc1-2. The number of rotatable bonds is 2. The van der Waals surface area contributed by atoms with E-state index in [1.807, 2.05) is 6.07 Å². The van der Waals surface area contributed by atoms with Crippen LogP contribution in [0.2, 0.25) is 0 Å². The van der Waals surface area contributed by atoms with E-state index in [9.17, 15) is 9.59 Å². The highest BCUT2D eigenvalue weighted by Gasteiger charge is 2.30. The molecular formula is C14H13BrN4O3. The van der Waals surface area contributed by atoms with Crippen LogP contribution in [0.4, 0.5) is 0 Å². The minimum atomic E-state index is -0.852. The van der Waals surface area contributed by atoms with Crippen LogP contribution < -0.4 is 16.2 Å². The first-order chi connectivity index (χ1) is 10.4. The van der Waals surface area contributed by atoms with E-state index in [1.54, 1.807) is 23.6 Å². The number of hydrogen-bond acceptors (Lipinski definition) is 4. The third-order valence-electron chi connectivity index (χ3n) is 3.57. The number of carbonyl (C=O) groups is 2. The largest absolute Gasteiger partial charge is 0.478 e. The minimum Gasteiger partial charge on any atom is -0.478 e. The van der Waals surface area contributed by atoms with Gasteiger partial charge in [-0.1, -0.05) is 15.9 Å². The third kappa shape index (κ3) is 2.25. The van der Waals surface area contributed by atoms with Crippen molar-refractivity contribution >= 4 is 27.7 Å². The number of nitrogens with two attached hydrogens (primary N) is 2. The standard InChI is InChI=1S/C14H13BrN4O3/c1-6-11(13(17)21)18-14-8-4-7(15)2-3-9(8)22-10(12(16)20)5-19(6)14/h2-4,10H,5H2,1H3,(H2,16,20)(H2,17,21). The Labute approximate surface area is 134 Å². The molecule has 0 bridgehead atoms. The molecule has 7 nitrogen and oxygen atoms in total. The van der Waals surface area contributed by atoms with E-state index in [0.29, 0.717) is 22.8 Å². The molecule has 1 aliphatic heterocycles. The molecule has 1 unspecified atom stereocenters. The van der Waals surface area contributed by atoms with Gasteiger partial charge in [0.25, 0.3) is 11.8 Å². The average molecular weight is 365 g/mol. The molecule has 1 aromatic carbocycles. The van der Waals surface area contributed by atoms with Crippen LogP contribution in [0.3, 0.4) is 0 Å². The number of imidazole rings is 1. The molecule has 4 N–H and O–H groups in total. The van der Waals surface area contributed by atoms with Crippen LogP contribution >= 0.6 is 15.9 Å². The summed E-state index contributed by atoms with van der Waals surface area (Å²) in [6.07, 6.45) is -0.852. The maximum absolute atomic E-state index is 11.6. The highest BCUT2D eigenvalue weighted by Crippen LogP contribution is 2.36. The zero-order valence-electron chi connectivity index (χ0n) is 11.7. The predicted octanol–water partition coefficient (Wildman–Crippen LogP) is 0.966. The van der Waals surface area contributed by atoms with Gasteiger partial charge >= 0.3 is 0 Å². The van der Waals surface area contributed by atoms with Gasteiger partial charge in [0.05, 0.1) is 12.1 Å². The molecule has 0 saturated carbocycles. The molecule has 0 radical (unpaired) electrons. The molecule has 2 amide bonds.